The van der Waals surface area contributed by atoms with Gasteiger partial charge in [-0.15, -0.1) is 0 Å². The molecule has 210 valence electrons. The first-order valence-electron chi connectivity index (χ1n) is 12.9. The van der Waals surface area contributed by atoms with Crippen molar-refractivity contribution in [2.45, 2.75) is 0 Å². The Morgan fingerprint density at radius 3 is 0.595 bits per heavy atom. The summed E-state index contributed by atoms with van der Waals surface area (Å²) in [6, 6.07) is 22.3. The van der Waals surface area contributed by atoms with Gasteiger partial charge in [0.05, 0.1) is 42.7 Å². The van der Waals surface area contributed by atoms with Crippen molar-refractivity contribution in [2.24, 2.45) is 0 Å². The maximum absolute atomic E-state index is 5.38. The molecule has 6 heteroatoms. The van der Waals surface area contributed by atoms with E-state index in [0.717, 1.165) is 33.4 Å². The molecule has 0 atom stereocenters. The second-order valence-corrected chi connectivity index (χ2v) is 8.85. The smallest absolute Gasteiger partial charge is 0.123 e. The Bertz CT molecular complexity index is 1480. The number of ether oxygens (including phenoxy) is 6. The van der Waals surface area contributed by atoms with Crippen LogP contribution in [-0.4, -0.2) is 42.7 Å². The molecule has 0 amide bonds. The molecule has 0 N–H and O–H groups in total. The molecular weight excluding hydrogens is 528 g/mol. The zero-order valence-electron chi connectivity index (χ0n) is 24.4. The Kier molecular flexibility index (Phi) is 9.87. The first kappa shape index (κ1) is 29.3. The van der Waals surface area contributed by atoms with Crippen molar-refractivity contribution in [1.82, 2.24) is 0 Å². The highest BCUT2D eigenvalue weighted by Gasteiger charge is 2.03. The molecule has 4 aromatic rings. The Morgan fingerprint density at radius 1 is 0.262 bits per heavy atom. The van der Waals surface area contributed by atoms with Gasteiger partial charge in [-0.25, -0.2) is 0 Å². The second kappa shape index (κ2) is 14.1. The molecule has 4 aromatic carbocycles. The minimum Gasteiger partial charge on any atom is -0.497 e. The van der Waals surface area contributed by atoms with E-state index in [-0.39, 0.29) is 0 Å². The molecule has 0 unspecified atom stereocenters. The first-order valence-corrected chi connectivity index (χ1v) is 12.9. The number of methoxy groups -OCH3 is 6. The van der Waals surface area contributed by atoms with E-state index in [2.05, 4.69) is 35.5 Å². The van der Waals surface area contributed by atoms with Gasteiger partial charge in [0, 0.05) is 51.6 Å². The first-order chi connectivity index (χ1) is 20.4. The summed E-state index contributed by atoms with van der Waals surface area (Å²) in [6.07, 6.45) is 0. The third-order valence-electron chi connectivity index (χ3n) is 6.04. The maximum atomic E-state index is 5.38. The van der Waals surface area contributed by atoms with Gasteiger partial charge in [-0.05, 0) is 54.6 Å². The van der Waals surface area contributed by atoms with Crippen LogP contribution in [0, 0.1) is 35.5 Å². The maximum Gasteiger partial charge on any atom is 0.123 e. The molecular formula is C36H30O6. The highest BCUT2D eigenvalue weighted by molar-refractivity contribution is 5.57. The summed E-state index contributed by atoms with van der Waals surface area (Å²) in [7, 11) is 9.64. The summed E-state index contributed by atoms with van der Waals surface area (Å²) in [5.41, 5.74) is 4.50. The standard InChI is InChI=1S/C36H30O6/c1-37-31-16-28(17-32(22-31)38-2)10-7-25-13-26(8-11-29-18-33(39-3)23-34(19-29)40-4)15-27(14-25)9-12-30-20-35(41-5)24-36(21-30)42-6/h13-24H,1-6H3. The lowest BCUT2D eigenvalue weighted by Crippen LogP contribution is -1.90. The topological polar surface area (TPSA) is 55.4 Å². The van der Waals surface area contributed by atoms with Gasteiger partial charge in [0.25, 0.3) is 0 Å². The SMILES string of the molecule is COc1cc(C#Cc2cc(C#Cc3cc(OC)cc(OC)c3)cc(C#Cc3cc(OC)cc(OC)c3)c2)cc(OC)c1. The Hall–Kier alpha value is -5.64. The number of hydrogen-bond donors (Lipinski definition) is 0. The largest absolute Gasteiger partial charge is 0.497 e. The van der Waals surface area contributed by atoms with Crippen LogP contribution in [0.3, 0.4) is 0 Å². The van der Waals surface area contributed by atoms with E-state index >= 15 is 0 Å². The Balaban J connectivity index is 1.79. The van der Waals surface area contributed by atoms with Gasteiger partial charge in [-0.3, -0.25) is 0 Å². The highest BCUT2D eigenvalue weighted by Crippen LogP contribution is 2.24. The van der Waals surface area contributed by atoms with Crippen LogP contribution in [0.2, 0.25) is 0 Å². The van der Waals surface area contributed by atoms with E-state index in [1.165, 1.54) is 0 Å². The van der Waals surface area contributed by atoms with Gasteiger partial charge in [0.15, 0.2) is 0 Å². The second-order valence-electron chi connectivity index (χ2n) is 8.85. The summed E-state index contributed by atoms with van der Waals surface area (Å²) in [5, 5.41) is 0. The van der Waals surface area contributed by atoms with Crippen molar-refractivity contribution in [3.05, 3.63) is 106 Å². The van der Waals surface area contributed by atoms with Gasteiger partial charge < -0.3 is 28.4 Å². The highest BCUT2D eigenvalue weighted by atomic mass is 16.5. The van der Waals surface area contributed by atoms with Crippen LogP contribution < -0.4 is 28.4 Å². The van der Waals surface area contributed by atoms with E-state index < -0.39 is 0 Å². The lowest BCUT2D eigenvalue weighted by atomic mass is 10.0. The molecule has 0 saturated heterocycles. The summed E-state index contributed by atoms with van der Waals surface area (Å²) < 4.78 is 32.3. The third kappa shape index (κ3) is 7.95. The molecule has 0 heterocycles. The van der Waals surface area contributed by atoms with Gasteiger partial charge in [0.2, 0.25) is 0 Å². The quantitative estimate of drug-likeness (QED) is 0.273. The van der Waals surface area contributed by atoms with E-state index in [0.29, 0.717) is 34.5 Å². The van der Waals surface area contributed by atoms with Crippen molar-refractivity contribution in [1.29, 1.82) is 0 Å². The van der Waals surface area contributed by atoms with Crippen molar-refractivity contribution < 1.29 is 28.4 Å². The van der Waals surface area contributed by atoms with Crippen LogP contribution in [0.15, 0.2) is 72.8 Å². The molecule has 0 aliphatic heterocycles. The molecule has 0 spiro atoms. The average Bonchev–Trinajstić information content (AvgIpc) is 3.04. The summed E-state index contributed by atoms with van der Waals surface area (Å²) in [6.45, 7) is 0. The fraction of sp³-hybridized carbons (Fsp3) is 0.167. The molecule has 0 radical (unpaired) electrons. The summed E-state index contributed by atoms with van der Waals surface area (Å²) >= 11 is 0. The lowest BCUT2D eigenvalue weighted by molar-refractivity contribution is 0.394. The van der Waals surface area contributed by atoms with E-state index in [9.17, 15) is 0 Å². The fourth-order valence-corrected chi connectivity index (χ4v) is 3.92. The molecule has 0 bridgehead atoms. The molecule has 0 aliphatic rings. The van der Waals surface area contributed by atoms with Crippen LogP contribution in [0.25, 0.3) is 0 Å². The van der Waals surface area contributed by atoms with Crippen molar-refractivity contribution >= 4 is 0 Å². The predicted molar refractivity (Wildman–Crippen MR) is 163 cm³/mol. The van der Waals surface area contributed by atoms with E-state index in [4.69, 9.17) is 28.4 Å². The normalized spacial score (nSPS) is 9.57. The summed E-state index contributed by atoms with van der Waals surface area (Å²) in [4.78, 5) is 0. The zero-order valence-corrected chi connectivity index (χ0v) is 24.4. The summed E-state index contributed by atoms with van der Waals surface area (Å²) in [5.74, 6) is 23.3. The van der Waals surface area contributed by atoms with E-state index in [1.807, 2.05) is 54.6 Å². The van der Waals surface area contributed by atoms with Crippen molar-refractivity contribution in [2.75, 3.05) is 42.7 Å². The van der Waals surface area contributed by atoms with Crippen LogP contribution in [-0.2, 0) is 0 Å². The van der Waals surface area contributed by atoms with Gasteiger partial charge >= 0.3 is 0 Å². The molecule has 6 nitrogen and oxygen atoms in total. The van der Waals surface area contributed by atoms with Crippen LogP contribution >= 0.6 is 0 Å². The van der Waals surface area contributed by atoms with Crippen molar-refractivity contribution in [3.63, 3.8) is 0 Å². The Labute approximate surface area is 247 Å². The van der Waals surface area contributed by atoms with Gasteiger partial charge in [0.1, 0.15) is 34.5 Å². The van der Waals surface area contributed by atoms with Gasteiger partial charge in [-0.2, -0.15) is 0 Å². The number of benzene rings is 4. The predicted octanol–water partition coefficient (Wildman–Crippen LogP) is 5.94. The third-order valence-corrected chi connectivity index (χ3v) is 6.04. The van der Waals surface area contributed by atoms with E-state index in [1.54, 1.807) is 60.9 Å². The zero-order chi connectivity index (χ0) is 29.9. The van der Waals surface area contributed by atoms with Crippen LogP contribution in [0.4, 0.5) is 0 Å². The molecule has 0 fully saturated rings. The molecule has 0 aromatic heterocycles. The molecule has 0 saturated carbocycles. The minimum atomic E-state index is 0.659. The molecule has 4 rings (SSSR count). The van der Waals surface area contributed by atoms with Crippen LogP contribution in [0.1, 0.15) is 33.4 Å². The Morgan fingerprint density at radius 2 is 0.429 bits per heavy atom. The molecule has 42 heavy (non-hydrogen) atoms. The van der Waals surface area contributed by atoms with Gasteiger partial charge in [-0.1, -0.05) is 35.5 Å². The number of hydrogen-bond acceptors (Lipinski definition) is 6. The van der Waals surface area contributed by atoms with Crippen LogP contribution in [0.5, 0.6) is 34.5 Å². The average molecular weight is 559 g/mol. The fourth-order valence-electron chi connectivity index (χ4n) is 3.92. The minimum absolute atomic E-state index is 0.659. The number of rotatable bonds is 6. The van der Waals surface area contributed by atoms with Crippen molar-refractivity contribution in [3.8, 4) is 70.0 Å². The lowest BCUT2D eigenvalue weighted by Gasteiger charge is -2.05. The molecule has 0 aliphatic carbocycles. The monoisotopic (exact) mass is 558 g/mol.